The molecule has 1 heterocycles. The molecule has 0 radical (unpaired) electrons. The van der Waals surface area contributed by atoms with Gasteiger partial charge in [-0.05, 0) is 49.2 Å². The molecule has 180 valence electrons. The summed E-state index contributed by atoms with van der Waals surface area (Å²) in [6.45, 7) is 5.39. The number of rotatable bonds is 4. The second-order valence-corrected chi connectivity index (χ2v) is 10.0. The van der Waals surface area contributed by atoms with E-state index in [1.165, 1.54) is 30.3 Å². The van der Waals surface area contributed by atoms with Crippen LogP contribution in [0.3, 0.4) is 0 Å². The van der Waals surface area contributed by atoms with Gasteiger partial charge in [-0.15, -0.1) is 0 Å². The molecule has 0 unspecified atom stereocenters. The van der Waals surface area contributed by atoms with Crippen LogP contribution < -0.4 is 14.8 Å². The number of carbonyl (C=O) groups is 1. The average Bonchev–Trinajstić information content (AvgIpc) is 2.78. The number of methoxy groups -OCH3 is 1. The minimum atomic E-state index is -3.94. The number of anilines is 1. The van der Waals surface area contributed by atoms with Crippen LogP contribution >= 0.6 is 0 Å². The third-order valence-corrected chi connectivity index (χ3v) is 7.00. The Balaban J connectivity index is 1.91. The Morgan fingerprint density at radius 1 is 1.18 bits per heavy atom. The molecule has 0 saturated carbocycles. The Labute approximate surface area is 194 Å². The summed E-state index contributed by atoms with van der Waals surface area (Å²) in [5, 5.41) is 3.40. The number of nitrogens with zero attached hydrogens (tertiary/aromatic N) is 1. The number of sulfonamides is 1. The van der Waals surface area contributed by atoms with E-state index in [1.807, 2.05) is 6.92 Å². The maximum Gasteiger partial charge on any atom is 0.261 e. The molecule has 3 rings (SSSR count). The van der Waals surface area contributed by atoms with Crippen LogP contribution in [0.1, 0.15) is 24.2 Å². The zero-order valence-corrected chi connectivity index (χ0v) is 20.0. The van der Waals surface area contributed by atoms with Gasteiger partial charge in [0.25, 0.3) is 15.9 Å². The Morgan fingerprint density at radius 2 is 1.88 bits per heavy atom. The van der Waals surface area contributed by atoms with Gasteiger partial charge in [-0.1, -0.05) is 6.92 Å². The van der Waals surface area contributed by atoms with Crippen LogP contribution in [0.5, 0.6) is 5.75 Å². The molecular weight excluding hydrogens is 449 g/mol. The van der Waals surface area contributed by atoms with Gasteiger partial charge in [0.05, 0.1) is 22.3 Å². The topological polar surface area (TPSA) is 97.0 Å². The van der Waals surface area contributed by atoms with Crippen molar-refractivity contribution in [3.8, 4) is 5.75 Å². The molecule has 1 aliphatic heterocycles. The molecule has 2 aromatic carbocycles. The van der Waals surface area contributed by atoms with Gasteiger partial charge in [0.15, 0.2) is 0 Å². The lowest BCUT2D eigenvalue weighted by molar-refractivity contribution is 0.0281. The predicted octanol–water partition coefficient (Wildman–Crippen LogP) is 2.72. The SMILES string of the molecule is CO[C@H]1CN(C)C(=O)c2ccc(NS(=O)(=O)c3ccc(F)cc3)cc2OC[C@H](C)NC[C@H]1C. The van der Waals surface area contributed by atoms with Gasteiger partial charge in [0.1, 0.15) is 18.2 Å². The second kappa shape index (κ2) is 10.5. The van der Waals surface area contributed by atoms with Gasteiger partial charge in [-0.3, -0.25) is 9.52 Å². The maximum atomic E-state index is 13.2. The van der Waals surface area contributed by atoms with Crippen LogP contribution in [0.15, 0.2) is 47.4 Å². The molecule has 2 N–H and O–H groups in total. The van der Waals surface area contributed by atoms with Crippen LogP contribution in [0.4, 0.5) is 10.1 Å². The Hall–Kier alpha value is -2.69. The normalized spacial score (nSPS) is 22.5. The highest BCUT2D eigenvalue weighted by Gasteiger charge is 2.26. The van der Waals surface area contributed by atoms with Crippen molar-refractivity contribution in [1.29, 1.82) is 0 Å². The van der Waals surface area contributed by atoms with E-state index in [0.29, 0.717) is 18.7 Å². The number of amides is 1. The number of benzene rings is 2. The van der Waals surface area contributed by atoms with Gasteiger partial charge >= 0.3 is 0 Å². The van der Waals surface area contributed by atoms with Gasteiger partial charge in [-0.2, -0.15) is 0 Å². The van der Waals surface area contributed by atoms with E-state index in [4.69, 9.17) is 9.47 Å². The summed E-state index contributed by atoms with van der Waals surface area (Å²) in [4.78, 5) is 14.6. The van der Waals surface area contributed by atoms with Crippen LogP contribution in [0.25, 0.3) is 0 Å². The summed E-state index contributed by atoms with van der Waals surface area (Å²) in [7, 11) is -0.622. The third-order valence-electron chi connectivity index (χ3n) is 5.60. The first-order chi connectivity index (χ1) is 15.6. The lowest BCUT2D eigenvalue weighted by Gasteiger charge is -2.30. The fourth-order valence-corrected chi connectivity index (χ4v) is 4.60. The fourth-order valence-electron chi connectivity index (χ4n) is 3.55. The maximum absolute atomic E-state index is 13.2. The first-order valence-electron chi connectivity index (χ1n) is 10.7. The molecule has 0 saturated heterocycles. The number of carbonyl (C=O) groups excluding carboxylic acids is 1. The number of hydrogen-bond donors (Lipinski definition) is 2. The standard InChI is InChI=1S/C23H30FN3O5S/c1-15-12-25-16(2)14-32-21-11-18(26-33(29,30)19-8-5-17(24)6-9-19)7-10-20(21)23(28)27(3)13-22(15)31-4/h5-11,15-16,22,25-26H,12-14H2,1-4H3/t15-,16+,22+/m1/s1. The molecular formula is C23H30FN3O5S. The summed E-state index contributed by atoms with van der Waals surface area (Å²) >= 11 is 0. The first-order valence-corrected chi connectivity index (χ1v) is 12.2. The van der Waals surface area contributed by atoms with E-state index in [-0.39, 0.29) is 46.9 Å². The van der Waals surface area contributed by atoms with Crippen molar-refractivity contribution in [2.75, 3.05) is 38.6 Å². The molecule has 0 bridgehead atoms. The molecule has 0 aromatic heterocycles. The highest BCUT2D eigenvalue weighted by molar-refractivity contribution is 7.92. The molecule has 0 fully saturated rings. The predicted molar refractivity (Wildman–Crippen MR) is 124 cm³/mol. The molecule has 1 aliphatic rings. The summed E-state index contributed by atoms with van der Waals surface area (Å²) in [6.07, 6.45) is -0.149. The first kappa shape index (κ1) is 24.9. The Bertz CT molecular complexity index is 1080. The Kier molecular flexibility index (Phi) is 7.93. The number of fused-ring (bicyclic) bond motifs is 1. The van der Waals surface area contributed by atoms with Crippen LogP contribution in [0, 0.1) is 11.7 Å². The lowest BCUT2D eigenvalue weighted by atomic mass is 10.0. The molecule has 33 heavy (non-hydrogen) atoms. The zero-order chi connectivity index (χ0) is 24.2. The van der Waals surface area contributed by atoms with E-state index in [0.717, 1.165) is 12.1 Å². The van der Waals surface area contributed by atoms with Crippen molar-refractivity contribution >= 4 is 21.6 Å². The van der Waals surface area contributed by atoms with Crippen molar-refractivity contribution < 1.29 is 27.1 Å². The van der Waals surface area contributed by atoms with Crippen molar-refractivity contribution in [2.45, 2.75) is 30.9 Å². The molecule has 3 atom stereocenters. The van der Waals surface area contributed by atoms with Gasteiger partial charge in [-0.25, -0.2) is 12.8 Å². The van der Waals surface area contributed by atoms with Crippen molar-refractivity contribution in [1.82, 2.24) is 10.2 Å². The summed E-state index contributed by atoms with van der Waals surface area (Å²) in [6, 6.07) is 9.02. The molecule has 8 nitrogen and oxygen atoms in total. The molecule has 10 heteroatoms. The van der Waals surface area contributed by atoms with Crippen molar-refractivity contribution in [3.63, 3.8) is 0 Å². The number of halogens is 1. The highest BCUT2D eigenvalue weighted by atomic mass is 32.2. The van der Waals surface area contributed by atoms with Gasteiger partial charge in [0.2, 0.25) is 0 Å². The van der Waals surface area contributed by atoms with Crippen LogP contribution in [-0.2, 0) is 14.8 Å². The van der Waals surface area contributed by atoms with Gasteiger partial charge < -0.3 is 19.7 Å². The molecule has 1 amide bonds. The Morgan fingerprint density at radius 3 is 2.55 bits per heavy atom. The highest BCUT2D eigenvalue weighted by Crippen LogP contribution is 2.27. The smallest absolute Gasteiger partial charge is 0.261 e. The third kappa shape index (κ3) is 6.21. The van der Waals surface area contributed by atoms with Crippen molar-refractivity contribution in [3.05, 3.63) is 53.8 Å². The minimum Gasteiger partial charge on any atom is -0.491 e. The van der Waals surface area contributed by atoms with E-state index >= 15 is 0 Å². The summed E-state index contributed by atoms with van der Waals surface area (Å²) in [5.41, 5.74) is 0.544. The van der Waals surface area contributed by atoms with E-state index in [9.17, 15) is 17.6 Å². The zero-order valence-electron chi connectivity index (χ0n) is 19.2. The van der Waals surface area contributed by atoms with E-state index < -0.39 is 15.8 Å². The minimum absolute atomic E-state index is 0.00960. The quantitative estimate of drug-likeness (QED) is 0.700. The fraction of sp³-hybridized carbons (Fsp3) is 0.435. The van der Waals surface area contributed by atoms with Crippen LogP contribution in [0.2, 0.25) is 0 Å². The second-order valence-electron chi connectivity index (χ2n) is 8.33. The van der Waals surface area contributed by atoms with E-state index in [2.05, 4.69) is 17.0 Å². The summed E-state index contributed by atoms with van der Waals surface area (Å²) < 4.78 is 52.5. The van der Waals surface area contributed by atoms with Crippen molar-refractivity contribution in [2.24, 2.45) is 5.92 Å². The number of likely N-dealkylation sites (N-methyl/N-ethyl adjacent to an activating group) is 1. The van der Waals surface area contributed by atoms with Crippen LogP contribution in [-0.4, -0.2) is 65.2 Å². The molecule has 2 aromatic rings. The van der Waals surface area contributed by atoms with Gasteiger partial charge in [0, 0.05) is 39.4 Å². The number of nitrogens with one attached hydrogen (secondary N) is 2. The number of ether oxygens (including phenoxy) is 2. The summed E-state index contributed by atoms with van der Waals surface area (Å²) in [5.74, 6) is -0.344. The monoisotopic (exact) mass is 479 g/mol. The molecule has 0 spiro atoms. The lowest BCUT2D eigenvalue weighted by Crippen LogP contribution is -2.44. The average molecular weight is 480 g/mol. The van der Waals surface area contributed by atoms with E-state index in [1.54, 1.807) is 19.1 Å². The largest absolute Gasteiger partial charge is 0.491 e. The number of hydrogen-bond acceptors (Lipinski definition) is 6. The molecule has 0 aliphatic carbocycles.